The molecule has 0 fully saturated rings. The van der Waals surface area contributed by atoms with Gasteiger partial charge in [0.25, 0.3) is 0 Å². The summed E-state index contributed by atoms with van der Waals surface area (Å²) < 4.78 is 6.34. The molecule has 0 aliphatic carbocycles. The Labute approximate surface area is 314 Å². The topological polar surface area (TPSA) is 16.4 Å². The first-order valence-electron chi connectivity index (χ1n) is 18.4. The van der Waals surface area contributed by atoms with Crippen LogP contribution in [0.5, 0.6) is 0 Å². The number of furan rings is 1. The molecule has 0 bridgehead atoms. The highest BCUT2D eigenvalue weighted by atomic mass is 16.3. The van der Waals surface area contributed by atoms with Crippen molar-refractivity contribution in [1.82, 2.24) is 0 Å². The fraction of sp³-hybridized carbons (Fsp3) is 0. The van der Waals surface area contributed by atoms with E-state index >= 15 is 0 Å². The highest BCUT2D eigenvalue weighted by Crippen LogP contribution is 2.43. The molecule has 2 heteroatoms. The van der Waals surface area contributed by atoms with E-state index in [1.54, 1.807) is 0 Å². The van der Waals surface area contributed by atoms with Crippen molar-refractivity contribution in [1.29, 1.82) is 0 Å². The highest BCUT2D eigenvalue weighted by Gasteiger charge is 2.19. The molecule has 0 saturated heterocycles. The SMILES string of the molecule is c1ccc(-c2ccc(-c3ccc(N(c4ccc(-c5ccc6ccccc6c5)cc4)c4ccccc4-c4ccc5c(c4)oc4ccccc45)cc3)cc2)cc1. The van der Waals surface area contributed by atoms with Gasteiger partial charge >= 0.3 is 0 Å². The lowest BCUT2D eigenvalue weighted by molar-refractivity contribution is 0.669. The van der Waals surface area contributed by atoms with Crippen molar-refractivity contribution in [3.05, 3.63) is 212 Å². The summed E-state index contributed by atoms with van der Waals surface area (Å²) in [6.07, 6.45) is 0. The molecule has 2 nitrogen and oxygen atoms in total. The lowest BCUT2D eigenvalue weighted by atomic mass is 9.98. The second kappa shape index (κ2) is 13.4. The predicted octanol–water partition coefficient (Wildman–Crippen LogP) is 14.9. The molecule has 0 atom stereocenters. The van der Waals surface area contributed by atoms with E-state index in [1.165, 1.54) is 44.2 Å². The van der Waals surface area contributed by atoms with Gasteiger partial charge < -0.3 is 9.32 Å². The van der Waals surface area contributed by atoms with Crippen molar-refractivity contribution in [2.24, 2.45) is 0 Å². The standard InChI is InChI=1S/C52H35NO/c1-2-10-36(11-3-1)38-18-20-39(21-19-38)40-24-29-45(30-25-40)53(46-31-26-41(27-32-46)43-23-22-37-12-4-5-13-42(37)34-43)50-16-8-6-14-47(50)44-28-33-49-48-15-7-9-17-51(48)54-52(49)35-44/h1-35H. The van der Waals surface area contributed by atoms with Crippen molar-refractivity contribution >= 4 is 49.8 Å². The number of nitrogens with zero attached hydrogens (tertiary/aromatic N) is 1. The first-order valence-corrected chi connectivity index (χ1v) is 18.4. The van der Waals surface area contributed by atoms with E-state index in [4.69, 9.17) is 4.42 Å². The molecule has 1 heterocycles. The Hall–Kier alpha value is -7.16. The van der Waals surface area contributed by atoms with Gasteiger partial charge in [0.05, 0.1) is 5.69 Å². The molecule has 0 amide bonds. The van der Waals surface area contributed by atoms with E-state index < -0.39 is 0 Å². The summed E-state index contributed by atoms with van der Waals surface area (Å²) >= 11 is 0. The number of anilines is 3. The van der Waals surface area contributed by atoms with Crippen LogP contribution in [0.3, 0.4) is 0 Å². The first kappa shape index (κ1) is 31.6. The molecular weight excluding hydrogens is 655 g/mol. The van der Waals surface area contributed by atoms with E-state index in [0.29, 0.717) is 0 Å². The summed E-state index contributed by atoms with van der Waals surface area (Å²) in [6.45, 7) is 0. The minimum atomic E-state index is 0.887. The fourth-order valence-electron chi connectivity index (χ4n) is 7.69. The lowest BCUT2D eigenvalue weighted by Gasteiger charge is -2.28. The molecule has 0 spiro atoms. The fourth-order valence-corrected chi connectivity index (χ4v) is 7.69. The Morgan fingerprint density at radius 2 is 0.796 bits per heavy atom. The summed E-state index contributed by atoms with van der Waals surface area (Å²) in [5, 5.41) is 4.75. The number of rotatable bonds is 7. The zero-order valence-electron chi connectivity index (χ0n) is 29.6. The smallest absolute Gasteiger partial charge is 0.136 e. The second-order valence-corrected chi connectivity index (χ2v) is 13.8. The Balaban J connectivity index is 1.06. The Bertz CT molecular complexity index is 2900. The van der Waals surface area contributed by atoms with Gasteiger partial charge in [-0.2, -0.15) is 0 Å². The molecule has 0 radical (unpaired) electrons. The molecule has 0 saturated carbocycles. The van der Waals surface area contributed by atoms with Crippen LogP contribution in [-0.4, -0.2) is 0 Å². The molecule has 0 aliphatic rings. The molecular formula is C52H35NO. The molecule has 0 unspecified atom stereocenters. The van der Waals surface area contributed by atoms with Crippen LogP contribution < -0.4 is 4.90 Å². The highest BCUT2D eigenvalue weighted by molar-refractivity contribution is 6.06. The Morgan fingerprint density at radius 1 is 0.296 bits per heavy atom. The average Bonchev–Trinajstić information content (AvgIpc) is 3.63. The minimum Gasteiger partial charge on any atom is -0.456 e. The van der Waals surface area contributed by atoms with Gasteiger partial charge in [0, 0.05) is 27.7 Å². The maximum atomic E-state index is 6.34. The van der Waals surface area contributed by atoms with Crippen LogP contribution in [0.2, 0.25) is 0 Å². The molecule has 0 N–H and O–H groups in total. The van der Waals surface area contributed by atoms with Crippen LogP contribution in [0, 0.1) is 0 Å². The molecule has 254 valence electrons. The van der Waals surface area contributed by atoms with Crippen molar-refractivity contribution in [2.45, 2.75) is 0 Å². The maximum absolute atomic E-state index is 6.34. The minimum absolute atomic E-state index is 0.887. The molecule has 10 aromatic rings. The summed E-state index contributed by atoms with van der Waals surface area (Å²) in [7, 11) is 0. The van der Waals surface area contributed by atoms with E-state index in [-0.39, 0.29) is 0 Å². The van der Waals surface area contributed by atoms with Gasteiger partial charge in [-0.3, -0.25) is 0 Å². The summed E-state index contributed by atoms with van der Waals surface area (Å²) in [5.74, 6) is 0. The summed E-state index contributed by atoms with van der Waals surface area (Å²) in [4.78, 5) is 2.37. The molecule has 54 heavy (non-hydrogen) atoms. The number of hydrogen-bond acceptors (Lipinski definition) is 2. The number of hydrogen-bond donors (Lipinski definition) is 0. The third-order valence-electron chi connectivity index (χ3n) is 10.5. The van der Waals surface area contributed by atoms with Gasteiger partial charge in [-0.05, 0) is 104 Å². The second-order valence-electron chi connectivity index (χ2n) is 13.8. The van der Waals surface area contributed by atoms with Crippen molar-refractivity contribution in [2.75, 3.05) is 4.90 Å². The molecule has 10 rings (SSSR count). The third-order valence-corrected chi connectivity index (χ3v) is 10.5. The largest absolute Gasteiger partial charge is 0.456 e. The van der Waals surface area contributed by atoms with E-state index in [0.717, 1.165) is 50.1 Å². The van der Waals surface area contributed by atoms with Gasteiger partial charge in [0.2, 0.25) is 0 Å². The number of benzene rings is 9. The Kier molecular flexibility index (Phi) is 7.85. The molecule has 0 aliphatic heterocycles. The van der Waals surface area contributed by atoms with Crippen LogP contribution in [-0.2, 0) is 0 Å². The van der Waals surface area contributed by atoms with Crippen LogP contribution in [0.4, 0.5) is 17.1 Å². The average molecular weight is 690 g/mol. The van der Waals surface area contributed by atoms with Crippen molar-refractivity contribution in [3.63, 3.8) is 0 Å². The molecule has 9 aromatic carbocycles. The van der Waals surface area contributed by atoms with Gasteiger partial charge in [0.1, 0.15) is 11.2 Å². The zero-order valence-corrected chi connectivity index (χ0v) is 29.6. The normalized spacial score (nSPS) is 11.3. The van der Waals surface area contributed by atoms with E-state index in [1.807, 2.05) is 12.1 Å². The number of para-hydroxylation sites is 2. The van der Waals surface area contributed by atoms with Crippen LogP contribution in [0.15, 0.2) is 217 Å². The number of fused-ring (bicyclic) bond motifs is 4. The zero-order chi connectivity index (χ0) is 35.8. The summed E-state index contributed by atoms with van der Waals surface area (Å²) in [6, 6.07) is 75.9. The van der Waals surface area contributed by atoms with Crippen LogP contribution >= 0.6 is 0 Å². The third kappa shape index (κ3) is 5.81. The quantitative estimate of drug-likeness (QED) is 0.166. The lowest BCUT2D eigenvalue weighted by Crippen LogP contribution is -2.11. The van der Waals surface area contributed by atoms with Crippen LogP contribution in [0.1, 0.15) is 0 Å². The van der Waals surface area contributed by atoms with Crippen molar-refractivity contribution in [3.8, 4) is 44.5 Å². The van der Waals surface area contributed by atoms with Gasteiger partial charge in [-0.1, -0.05) is 158 Å². The van der Waals surface area contributed by atoms with Crippen LogP contribution in [0.25, 0.3) is 77.2 Å². The summed E-state index contributed by atoms with van der Waals surface area (Å²) in [5.41, 5.74) is 14.4. The Morgan fingerprint density at radius 3 is 1.52 bits per heavy atom. The predicted molar refractivity (Wildman–Crippen MR) is 228 cm³/mol. The van der Waals surface area contributed by atoms with Gasteiger partial charge in [-0.15, -0.1) is 0 Å². The monoisotopic (exact) mass is 689 g/mol. The van der Waals surface area contributed by atoms with Gasteiger partial charge in [0.15, 0.2) is 0 Å². The van der Waals surface area contributed by atoms with E-state index in [9.17, 15) is 0 Å². The molecule has 1 aromatic heterocycles. The maximum Gasteiger partial charge on any atom is 0.136 e. The van der Waals surface area contributed by atoms with Gasteiger partial charge in [-0.25, -0.2) is 0 Å². The van der Waals surface area contributed by atoms with E-state index in [2.05, 4.69) is 205 Å². The first-order chi connectivity index (χ1) is 26.7. The van der Waals surface area contributed by atoms with Crippen molar-refractivity contribution < 1.29 is 4.42 Å².